The molecule has 0 spiro atoms. The third-order valence-electron chi connectivity index (χ3n) is 4.09. The van der Waals surface area contributed by atoms with Crippen molar-refractivity contribution >= 4 is 35.8 Å². The number of alkyl halides is 3. The standard InChI is InChI=1S/C20H25F3N4O3.HI/c1-3-15(30-16-7-4-6-14(12-16)20(21,22)23)13-27-19(24-2)26-10-9-25-18(28)17-8-5-11-29-17;/h4-8,11-12,15H,3,9-10,13H2,1-2H3,(H,25,28)(H2,24,26,27);1H. The minimum atomic E-state index is -4.42. The Labute approximate surface area is 195 Å². The van der Waals surface area contributed by atoms with E-state index in [1.807, 2.05) is 6.92 Å². The number of nitrogens with one attached hydrogen (secondary N) is 3. The Bertz CT molecular complexity index is 829. The van der Waals surface area contributed by atoms with Crippen molar-refractivity contribution < 1.29 is 27.1 Å². The lowest BCUT2D eigenvalue weighted by molar-refractivity contribution is -0.137. The van der Waals surface area contributed by atoms with Crippen LogP contribution in [-0.2, 0) is 6.18 Å². The van der Waals surface area contributed by atoms with E-state index in [0.717, 1.165) is 12.1 Å². The second kappa shape index (κ2) is 13.1. The Balaban J connectivity index is 0.00000480. The fourth-order valence-electron chi connectivity index (χ4n) is 2.49. The Kier molecular flexibility index (Phi) is 11.2. The molecule has 1 heterocycles. The quantitative estimate of drug-likeness (QED) is 0.191. The van der Waals surface area contributed by atoms with Gasteiger partial charge in [0.05, 0.1) is 18.4 Å². The van der Waals surface area contributed by atoms with Gasteiger partial charge in [-0.2, -0.15) is 13.2 Å². The normalized spacial score (nSPS) is 12.5. The number of halogens is 4. The first kappa shape index (κ1) is 26.6. The van der Waals surface area contributed by atoms with Crippen LogP contribution in [0.1, 0.15) is 29.5 Å². The van der Waals surface area contributed by atoms with Gasteiger partial charge in [0.2, 0.25) is 0 Å². The molecule has 0 saturated heterocycles. The summed E-state index contributed by atoms with van der Waals surface area (Å²) in [5, 5.41) is 8.79. The molecule has 0 aliphatic rings. The first-order valence-corrected chi connectivity index (χ1v) is 9.43. The number of guanidine groups is 1. The van der Waals surface area contributed by atoms with Crippen LogP contribution < -0.4 is 20.7 Å². The van der Waals surface area contributed by atoms with E-state index in [4.69, 9.17) is 9.15 Å². The van der Waals surface area contributed by atoms with Crippen LogP contribution in [0.5, 0.6) is 5.75 Å². The molecule has 172 valence electrons. The largest absolute Gasteiger partial charge is 0.489 e. The van der Waals surface area contributed by atoms with E-state index in [0.29, 0.717) is 32.0 Å². The second-order valence-corrected chi connectivity index (χ2v) is 6.29. The Morgan fingerprint density at radius 3 is 2.52 bits per heavy atom. The third kappa shape index (κ3) is 9.07. The first-order valence-electron chi connectivity index (χ1n) is 9.43. The summed E-state index contributed by atoms with van der Waals surface area (Å²) in [5.41, 5.74) is -0.753. The highest BCUT2D eigenvalue weighted by atomic mass is 127. The number of carbonyl (C=O) groups is 1. The zero-order valence-corrected chi connectivity index (χ0v) is 19.5. The van der Waals surface area contributed by atoms with E-state index < -0.39 is 11.7 Å². The maximum absolute atomic E-state index is 12.8. The van der Waals surface area contributed by atoms with E-state index >= 15 is 0 Å². The molecule has 0 aliphatic carbocycles. The minimum absolute atomic E-state index is 0. The summed E-state index contributed by atoms with van der Waals surface area (Å²) >= 11 is 0. The monoisotopic (exact) mass is 554 g/mol. The van der Waals surface area contributed by atoms with E-state index in [9.17, 15) is 18.0 Å². The molecule has 1 aromatic carbocycles. The Morgan fingerprint density at radius 2 is 1.90 bits per heavy atom. The topological polar surface area (TPSA) is 87.9 Å². The average molecular weight is 554 g/mol. The molecule has 1 aromatic heterocycles. The number of hydrogen-bond donors (Lipinski definition) is 3. The summed E-state index contributed by atoms with van der Waals surface area (Å²) in [6.07, 6.45) is -2.77. The van der Waals surface area contributed by atoms with E-state index in [1.54, 1.807) is 19.2 Å². The lowest BCUT2D eigenvalue weighted by atomic mass is 10.2. The van der Waals surface area contributed by atoms with Crippen LogP contribution in [0, 0.1) is 0 Å². The Hall–Kier alpha value is -2.44. The lowest BCUT2D eigenvalue weighted by Crippen LogP contribution is -2.44. The molecule has 1 atom stereocenters. The molecule has 0 radical (unpaired) electrons. The third-order valence-corrected chi connectivity index (χ3v) is 4.09. The highest BCUT2D eigenvalue weighted by Crippen LogP contribution is 2.31. The summed E-state index contributed by atoms with van der Waals surface area (Å²) in [7, 11) is 1.59. The molecular formula is C20H26F3IN4O3. The van der Waals surface area contributed by atoms with Gasteiger partial charge in [-0.05, 0) is 36.8 Å². The van der Waals surface area contributed by atoms with Crippen molar-refractivity contribution in [3.63, 3.8) is 0 Å². The summed E-state index contributed by atoms with van der Waals surface area (Å²) in [6, 6.07) is 7.99. The van der Waals surface area contributed by atoms with E-state index in [-0.39, 0.29) is 47.5 Å². The van der Waals surface area contributed by atoms with Gasteiger partial charge in [-0.15, -0.1) is 24.0 Å². The molecule has 0 bridgehead atoms. The number of nitrogens with zero attached hydrogens (tertiary/aromatic N) is 1. The van der Waals surface area contributed by atoms with Gasteiger partial charge < -0.3 is 25.1 Å². The summed E-state index contributed by atoms with van der Waals surface area (Å²) in [5.74, 6) is 0.552. The van der Waals surface area contributed by atoms with Crippen molar-refractivity contribution in [3.8, 4) is 5.75 Å². The fraction of sp³-hybridized carbons (Fsp3) is 0.400. The molecule has 2 rings (SSSR count). The van der Waals surface area contributed by atoms with Gasteiger partial charge >= 0.3 is 6.18 Å². The minimum Gasteiger partial charge on any atom is -0.489 e. The maximum Gasteiger partial charge on any atom is 0.416 e. The zero-order chi connectivity index (χ0) is 22.0. The van der Waals surface area contributed by atoms with Gasteiger partial charge in [0.1, 0.15) is 11.9 Å². The van der Waals surface area contributed by atoms with Gasteiger partial charge in [0.15, 0.2) is 11.7 Å². The number of ether oxygens (including phenoxy) is 1. The van der Waals surface area contributed by atoms with Gasteiger partial charge in [-0.3, -0.25) is 9.79 Å². The van der Waals surface area contributed by atoms with Crippen LogP contribution in [0.15, 0.2) is 52.1 Å². The van der Waals surface area contributed by atoms with Crippen molar-refractivity contribution in [3.05, 3.63) is 54.0 Å². The predicted molar refractivity (Wildman–Crippen MR) is 122 cm³/mol. The second-order valence-electron chi connectivity index (χ2n) is 6.29. The molecule has 3 N–H and O–H groups in total. The van der Waals surface area contributed by atoms with Gasteiger partial charge in [0, 0.05) is 20.1 Å². The van der Waals surface area contributed by atoms with Gasteiger partial charge in [0.25, 0.3) is 5.91 Å². The molecular weight excluding hydrogens is 528 g/mol. The highest BCUT2D eigenvalue weighted by molar-refractivity contribution is 14.0. The van der Waals surface area contributed by atoms with Crippen molar-refractivity contribution in [2.24, 2.45) is 4.99 Å². The van der Waals surface area contributed by atoms with Crippen LogP contribution >= 0.6 is 24.0 Å². The number of carbonyl (C=O) groups excluding carboxylic acids is 1. The number of rotatable bonds is 9. The molecule has 2 aromatic rings. The van der Waals surface area contributed by atoms with Crippen LogP contribution in [0.4, 0.5) is 13.2 Å². The van der Waals surface area contributed by atoms with E-state index in [1.165, 1.54) is 18.4 Å². The lowest BCUT2D eigenvalue weighted by Gasteiger charge is -2.20. The molecule has 0 fully saturated rings. The SMILES string of the molecule is CCC(CNC(=NC)NCCNC(=O)c1ccco1)Oc1cccc(C(F)(F)F)c1.I. The number of amides is 1. The van der Waals surface area contributed by atoms with Crippen LogP contribution in [-0.4, -0.2) is 44.7 Å². The fourth-order valence-corrected chi connectivity index (χ4v) is 2.49. The molecule has 31 heavy (non-hydrogen) atoms. The van der Waals surface area contributed by atoms with Crippen LogP contribution in [0.2, 0.25) is 0 Å². The van der Waals surface area contributed by atoms with Crippen molar-refractivity contribution in [2.45, 2.75) is 25.6 Å². The number of hydrogen-bond acceptors (Lipinski definition) is 4. The average Bonchev–Trinajstić information content (AvgIpc) is 3.26. The van der Waals surface area contributed by atoms with Crippen molar-refractivity contribution in [2.75, 3.05) is 26.7 Å². The predicted octanol–water partition coefficient (Wildman–Crippen LogP) is 3.67. The van der Waals surface area contributed by atoms with Crippen molar-refractivity contribution in [1.29, 1.82) is 0 Å². The first-order chi connectivity index (χ1) is 14.3. The number of aliphatic imine (C=N–C) groups is 1. The van der Waals surface area contributed by atoms with Gasteiger partial charge in [-0.25, -0.2) is 0 Å². The molecule has 11 heteroatoms. The van der Waals surface area contributed by atoms with Gasteiger partial charge in [-0.1, -0.05) is 13.0 Å². The highest BCUT2D eigenvalue weighted by Gasteiger charge is 2.30. The molecule has 0 saturated carbocycles. The summed E-state index contributed by atoms with van der Waals surface area (Å²) in [4.78, 5) is 15.8. The van der Waals surface area contributed by atoms with Crippen molar-refractivity contribution in [1.82, 2.24) is 16.0 Å². The maximum atomic E-state index is 12.8. The summed E-state index contributed by atoms with van der Waals surface area (Å²) in [6.45, 7) is 2.97. The van der Waals surface area contributed by atoms with Crippen LogP contribution in [0.3, 0.4) is 0 Å². The molecule has 0 aliphatic heterocycles. The Morgan fingerprint density at radius 1 is 1.16 bits per heavy atom. The zero-order valence-electron chi connectivity index (χ0n) is 17.2. The molecule has 1 amide bonds. The van der Waals surface area contributed by atoms with Crippen LogP contribution in [0.25, 0.3) is 0 Å². The van der Waals surface area contributed by atoms with E-state index in [2.05, 4.69) is 20.9 Å². The number of furan rings is 1. The molecule has 1 unspecified atom stereocenters. The smallest absolute Gasteiger partial charge is 0.416 e. The molecule has 7 nitrogen and oxygen atoms in total. The number of benzene rings is 1. The summed E-state index contributed by atoms with van der Waals surface area (Å²) < 4.78 is 49.2.